The van der Waals surface area contributed by atoms with E-state index in [0.717, 1.165) is 5.56 Å². The molecule has 1 aliphatic rings. The number of hydrogen-bond donors (Lipinski definition) is 3. The highest BCUT2D eigenvalue weighted by Crippen LogP contribution is 2.27. The molecule has 0 bridgehead atoms. The molecule has 20 heavy (non-hydrogen) atoms. The lowest BCUT2D eigenvalue weighted by Crippen LogP contribution is -2.39. The number of benzene rings is 1. The van der Waals surface area contributed by atoms with Crippen molar-refractivity contribution in [2.24, 2.45) is 5.92 Å². The average molecular weight is 276 g/mol. The molecule has 1 aromatic carbocycles. The summed E-state index contributed by atoms with van der Waals surface area (Å²) in [7, 11) is 0. The van der Waals surface area contributed by atoms with Gasteiger partial charge in [0.05, 0.1) is 6.04 Å². The second kappa shape index (κ2) is 6.93. The van der Waals surface area contributed by atoms with Gasteiger partial charge in [-0.25, -0.2) is 4.79 Å². The monoisotopic (exact) mass is 276 g/mol. The third-order valence-electron chi connectivity index (χ3n) is 3.40. The summed E-state index contributed by atoms with van der Waals surface area (Å²) in [5.41, 5.74) is 0.926. The van der Waals surface area contributed by atoms with E-state index in [1.54, 1.807) is 0 Å². The minimum atomic E-state index is -0.855. The van der Waals surface area contributed by atoms with Crippen molar-refractivity contribution in [2.75, 3.05) is 6.54 Å². The van der Waals surface area contributed by atoms with Crippen LogP contribution in [0.1, 0.15) is 37.3 Å². The summed E-state index contributed by atoms with van der Waals surface area (Å²) in [6.45, 7) is 0.701. The van der Waals surface area contributed by atoms with Crippen LogP contribution in [0.2, 0.25) is 0 Å². The average Bonchev–Trinajstić information content (AvgIpc) is 3.26. The van der Waals surface area contributed by atoms with E-state index >= 15 is 0 Å². The van der Waals surface area contributed by atoms with Gasteiger partial charge in [0.15, 0.2) is 0 Å². The highest BCUT2D eigenvalue weighted by atomic mass is 16.4. The molecule has 2 rings (SSSR count). The molecule has 0 spiro atoms. The highest BCUT2D eigenvalue weighted by molar-refractivity contribution is 5.74. The highest BCUT2D eigenvalue weighted by Gasteiger charge is 2.22. The molecule has 3 N–H and O–H groups in total. The molecule has 1 aliphatic carbocycles. The van der Waals surface area contributed by atoms with Gasteiger partial charge in [-0.15, -0.1) is 0 Å². The van der Waals surface area contributed by atoms with Gasteiger partial charge in [0.25, 0.3) is 0 Å². The van der Waals surface area contributed by atoms with E-state index in [9.17, 15) is 9.59 Å². The van der Waals surface area contributed by atoms with Crippen LogP contribution in [0.4, 0.5) is 4.79 Å². The number of hydrogen-bond acceptors (Lipinski definition) is 2. The molecule has 5 heteroatoms. The van der Waals surface area contributed by atoms with Crippen LogP contribution < -0.4 is 10.6 Å². The Morgan fingerprint density at radius 1 is 1.25 bits per heavy atom. The first-order valence-electron chi connectivity index (χ1n) is 6.96. The molecule has 5 nitrogen and oxygen atoms in total. The molecule has 1 aromatic rings. The van der Waals surface area contributed by atoms with E-state index < -0.39 is 5.97 Å². The number of nitrogens with one attached hydrogen (secondary N) is 2. The fourth-order valence-electron chi connectivity index (χ4n) is 2.04. The van der Waals surface area contributed by atoms with E-state index in [1.165, 1.54) is 12.8 Å². The molecule has 0 radical (unpaired) electrons. The van der Waals surface area contributed by atoms with Crippen LogP contribution in [-0.2, 0) is 4.79 Å². The number of amides is 2. The lowest BCUT2D eigenvalue weighted by Gasteiger charge is -2.19. The van der Waals surface area contributed by atoms with E-state index in [0.29, 0.717) is 18.9 Å². The van der Waals surface area contributed by atoms with Crippen molar-refractivity contribution in [3.05, 3.63) is 35.9 Å². The number of rotatable bonds is 7. The number of carbonyl (C=O) groups is 2. The minimum Gasteiger partial charge on any atom is -0.481 e. The summed E-state index contributed by atoms with van der Waals surface area (Å²) in [5.74, 6) is -0.235. The standard InChI is InChI=1S/C15H20N2O3/c18-14(19)9-8-13(12-4-2-1-3-5-12)17-15(20)16-10-11-6-7-11/h1-5,11,13H,6-10H2,(H,18,19)(H2,16,17,20). The van der Waals surface area contributed by atoms with Crippen LogP contribution in [0.15, 0.2) is 30.3 Å². The first-order valence-corrected chi connectivity index (χ1v) is 6.96. The predicted molar refractivity (Wildman–Crippen MR) is 75.3 cm³/mol. The van der Waals surface area contributed by atoms with Crippen molar-refractivity contribution < 1.29 is 14.7 Å². The Morgan fingerprint density at radius 3 is 2.55 bits per heavy atom. The molecule has 0 saturated heterocycles. The number of carboxylic acids is 1. The SMILES string of the molecule is O=C(O)CCC(NC(=O)NCC1CC1)c1ccccc1. The Balaban J connectivity index is 1.90. The number of aliphatic carboxylic acids is 1. The molecule has 0 aliphatic heterocycles. The van der Waals surface area contributed by atoms with Crippen LogP contribution in [0.25, 0.3) is 0 Å². The molecule has 1 saturated carbocycles. The minimum absolute atomic E-state index is 0.0302. The van der Waals surface area contributed by atoms with E-state index in [-0.39, 0.29) is 18.5 Å². The van der Waals surface area contributed by atoms with Crippen molar-refractivity contribution in [3.8, 4) is 0 Å². The van der Waals surface area contributed by atoms with E-state index in [2.05, 4.69) is 10.6 Å². The third kappa shape index (κ3) is 4.91. The fraction of sp³-hybridized carbons (Fsp3) is 0.467. The first-order chi connectivity index (χ1) is 9.65. The summed E-state index contributed by atoms with van der Waals surface area (Å²) in [4.78, 5) is 22.5. The van der Waals surface area contributed by atoms with Crippen molar-refractivity contribution >= 4 is 12.0 Å². The first kappa shape index (κ1) is 14.4. The lowest BCUT2D eigenvalue weighted by atomic mass is 10.0. The zero-order valence-electron chi connectivity index (χ0n) is 11.3. The van der Waals surface area contributed by atoms with Crippen LogP contribution in [0, 0.1) is 5.92 Å². The number of carboxylic acid groups (broad SMARTS) is 1. The third-order valence-corrected chi connectivity index (χ3v) is 3.40. The van der Waals surface area contributed by atoms with Crippen molar-refractivity contribution in [1.82, 2.24) is 10.6 Å². The number of urea groups is 1. The van der Waals surface area contributed by atoms with Gasteiger partial charge in [-0.1, -0.05) is 30.3 Å². The summed E-state index contributed by atoms with van der Waals surface area (Å²) >= 11 is 0. The maximum absolute atomic E-state index is 11.8. The number of carbonyl (C=O) groups excluding carboxylic acids is 1. The molecular formula is C15H20N2O3. The Hall–Kier alpha value is -2.04. The summed E-state index contributed by atoms with van der Waals surface area (Å²) < 4.78 is 0. The molecule has 1 fully saturated rings. The topological polar surface area (TPSA) is 78.4 Å². The van der Waals surface area contributed by atoms with E-state index in [4.69, 9.17) is 5.11 Å². The zero-order chi connectivity index (χ0) is 14.4. The molecule has 108 valence electrons. The zero-order valence-corrected chi connectivity index (χ0v) is 11.3. The Kier molecular flexibility index (Phi) is 4.98. The van der Waals surface area contributed by atoms with Gasteiger partial charge in [-0.2, -0.15) is 0 Å². The quantitative estimate of drug-likeness (QED) is 0.715. The van der Waals surface area contributed by atoms with Crippen LogP contribution >= 0.6 is 0 Å². The van der Waals surface area contributed by atoms with Gasteiger partial charge in [-0.05, 0) is 30.7 Å². The van der Waals surface area contributed by atoms with E-state index in [1.807, 2.05) is 30.3 Å². The maximum atomic E-state index is 11.8. The lowest BCUT2D eigenvalue weighted by molar-refractivity contribution is -0.137. The van der Waals surface area contributed by atoms with Gasteiger partial charge < -0.3 is 15.7 Å². The molecular weight excluding hydrogens is 256 g/mol. The normalized spacial score (nSPS) is 15.4. The molecule has 1 unspecified atom stereocenters. The molecule has 0 aromatic heterocycles. The Labute approximate surface area is 118 Å². The van der Waals surface area contributed by atoms with Crippen LogP contribution in [-0.4, -0.2) is 23.7 Å². The molecule has 2 amide bonds. The van der Waals surface area contributed by atoms with Crippen LogP contribution in [0.3, 0.4) is 0 Å². The summed E-state index contributed by atoms with van der Waals surface area (Å²) in [5, 5.41) is 14.5. The van der Waals surface area contributed by atoms with Gasteiger partial charge in [-0.3, -0.25) is 4.79 Å². The second-order valence-electron chi connectivity index (χ2n) is 5.19. The van der Waals surface area contributed by atoms with Gasteiger partial charge in [0, 0.05) is 13.0 Å². The van der Waals surface area contributed by atoms with Crippen LogP contribution in [0.5, 0.6) is 0 Å². The van der Waals surface area contributed by atoms with Gasteiger partial charge >= 0.3 is 12.0 Å². The largest absolute Gasteiger partial charge is 0.481 e. The van der Waals surface area contributed by atoms with Crippen molar-refractivity contribution in [1.29, 1.82) is 0 Å². The van der Waals surface area contributed by atoms with Crippen molar-refractivity contribution in [2.45, 2.75) is 31.7 Å². The van der Waals surface area contributed by atoms with Gasteiger partial charge in [0.2, 0.25) is 0 Å². The maximum Gasteiger partial charge on any atom is 0.315 e. The molecule has 0 heterocycles. The predicted octanol–water partition coefficient (Wildman–Crippen LogP) is 2.30. The summed E-state index contributed by atoms with van der Waals surface area (Å²) in [6.07, 6.45) is 2.78. The van der Waals surface area contributed by atoms with Crippen molar-refractivity contribution in [3.63, 3.8) is 0 Å². The fourth-order valence-corrected chi connectivity index (χ4v) is 2.04. The van der Waals surface area contributed by atoms with Gasteiger partial charge in [0.1, 0.15) is 0 Å². The molecule has 1 atom stereocenters. The smallest absolute Gasteiger partial charge is 0.315 e. The second-order valence-corrected chi connectivity index (χ2v) is 5.19. The summed E-state index contributed by atoms with van der Waals surface area (Å²) in [6, 6.07) is 8.95. The Bertz CT molecular complexity index is 457. The Morgan fingerprint density at radius 2 is 1.95 bits per heavy atom.